The second-order valence-electron chi connectivity index (χ2n) is 7.94. The molecule has 0 aliphatic carbocycles. The molecule has 0 bridgehead atoms. The number of thioether (sulfide) groups is 1. The number of carbonyl (C=O) groups excluding carboxylic acids is 3. The summed E-state index contributed by atoms with van der Waals surface area (Å²) in [5, 5.41) is 0.791. The van der Waals surface area contributed by atoms with Crippen molar-refractivity contribution in [1.82, 2.24) is 9.80 Å². The Hall–Kier alpha value is -2.46. The lowest BCUT2D eigenvalue weighted by Gasteiger charge is -2.29. The highest BCUT2D eigenvalue weighted by Crippen LogP contribution is 2.38. The highest BCUT2D eigenvalue weighted by Gasteiger charge is 2.37. The first-order valence-corrected chi connectivity index (χ1v) is 13.5. The Morgan fingerprint density at radius 2 is 1.89 bits per heavy atom. The number of hydrogen-bond acceptors (Lipinski definition) is 6. The lowest BCUT2D eigenvalue weighted by molar-refractivity contribution is -0.136. The van der Waals surface area contributed by atoms with Gasteiger partial charge in [-0.2, -0.15) is 0 Å². The molecule has 3 heterocycles. The first-order valence-electron chi connectivity index (χ1n) is 10.7. The van der Waals surface area contributed by atoms with Crippen LogP contribution >= 0.6 is 51.1 Å². The van der Waals surface area contributed by atoms with Crippen LogP contribution in [0.1, 0.15) is 16.9 Å². The molecule has 0 unspecified atom stereocenters. The maximum atomic E-state index is 12.9. The molecule has 2 aliphatic rings. The maximum Gasteiger partial charge on any atom is 0.294 e. The molecule has 3 amide bonds. The summed E-state index contributed by atoms with van der Waals surface area (Å²) in [6.45, 7) is 0.773. The van der Waals surface area contributed by atoms with Crippen LogP contribution in [0.15, 0.2) is 78.4 Å². The average molecular weight is 590 g/mol. The highest BCUT2D eigenvalue weighted by molar-refractivity contribution is 9.10. The number of nitrogens with zero attached hydrogens (tertiary/aromatic N) is 2. The van der Waals surface area contributed by atoms with Crippen LogP contribution < -0.4 is 0 Å². The largest absolute Gasteiger partial charge is 0.449 e. The summed E-state index contributed by atoms with van der Waals surface area (Å²) in [5.41, 5.74) is 2.32. The number of benzene rings is 2. The van der Waals surface area contributed by atoms with Gasteiger partial charge in [0.2, 0.25) is 5.91 Å². The van der Waals surface area contributed by atoms with Gasteiger partial charge in [-0.1, -0.05) is 47.6 Å². The van der Waals surface area contributed by atoms with Gasteiger partial charge in [-0.15, -0.1) is 0 Å². The van der Waals surface area contributed by atoms with Crippen molar-refractivity contribution in [2.45, 2.75) is 23.0 Å². The molecular formula is C25H18BrClN2O4S2. The van der Waals surface area contributed by atoms with E-state index in [2.05, 4.69) is 22.0 Å². The molecule has 5 rings (SSSR count). The molecule has 0 saturated carbocycles. The third kappa shape index (κ3) is 5.38. The van der Waals surface area contributed by atoms with Crippen LogP contribution in [0, 0.1) is 0 Å². The molecule has 10 heteroatoms. The van der Waals surface area contributed by atoms with Crippen LogP contribution in [-0.2, 0) is 22.6 Å². The zero-order valence-corrected chi connectivity index (χ0v) is 22.2. The van der Waals surface area contributed by atoms with E-state index in [1.54, 1.807) is 23.1 Å². The van der Waals surface area contributed by atoms with Gasteiger partial charge in [-0.05, 0) is 75.6 Å². The first-order chi connectivity index (χ1) is 16.9. The Balaban J connectivity index is 1.26. The van der Waals surface area contributed by atoms with Gasteiger partial charge in [0.1, 0.15) is 12.3 Å². The van der Waals surface area contributed by atoms with Crippen molar-refractivity contribution in [3.8, 4) is 0 Å². The summed E-state index contributed by atoms with van der Waals surface area (Å²) in [7, 11) is 0. The van der Waals surface area contributed by atoms with Gasteiger partial charge >= 0.3 is 0 Å². The Kier molecular flexibility index (Phi) is 7.11. The standard InChI is InChI=1S/C25H18BrClN2O4S2/c26-20-11-18(33-24(20)34-19-7-5-17(27)6-8-19)12-21-23(31)29(25(32)35-21)14-22(30)28-10-9-15-3-1-2-4-16(15)13-28/h1-8,11-12H,9-10,13-14H2/b21-12-. The molecule has 35 heavy (non-hydrogen) atoms. The van der Waals surface area contributed by atoms with Gasteiger partial charge in [-0.25, -0.2) is 0 Å². The monoisotopic (exact) mass is 588 g/mol. The number of carbonyl (C=O) groups is 3. The maximum absolute atomic E-state index is 12.9. The number of hydrogen-bond donors (Lipinski definition) is 0. The topological polar surface area (TPSA) is 70.8 Å². The van der Waals surface area contributed by atoms with Crippen LogP contribution in [0.5, 0.6) is 0 Å². The predicted octanol–water partition coefficient (Wildman–Crippen LogP) is 6.47. The van der Waals surface area contributed by atoms with E-state index in [9.17, 15) is 14.4 Å². The zero-order chi connectivity index (χ0) is 24.5. The zero-order valence-electron chi connectivity index (χ0n) is 18.2. The van der Waals surface area contributed by atoms with Crippen molar-refractivity contribution in [3.63, 3.8) is 0 Å². The number of fused-ring (bicyclic) bond motifs is 1. The van der Waals surface area contributed by atoms with Gasteiger partial charge in [0.25, 0.3) is 11.1 Å². The molecule has 1 saturated heterocycles. The molecular weight excluding hydrogens is 572 g/mol. The van der Waals surface area contributed by atoms with E-state index < -0.39 is 11.1 Å². The van der Waals surface area contributed by atoms with E-state index in [1.165, 1.54) is 23.4 Å². The summed E-state index contributed by atoms with van der Waals surface area (Å²) in [4.78, 5) is 42.2. The summed E-state index contributed by atoms with van der Waals surface area (Å²) < 4.78 is 6.60. The third-order valence-electron chi connectivity index (χ3n) is 5.62. The normalized spacial score (nSPS) is 16.8. The van der Waals surface area contributed by atoms with Crippen LogP contribution in [-0.4, -0.2) is 39.9 Å². The van der Waals surface area contributed by atoms with E-state index in [-0.39, 0.29) is 17.4 Å². The minimum absolute atomic E-state index is 0.219. The third-order valence-corrected chi connectivity index (χ3v) is 8.63. The Morgan fingerprint density at radius 1 is 1.14 bits per heavy atom. The summed E-state index contributed by atoms with van der Waals surface area (Å²) in [5.74, 6) is -0.312. The predicted molar refractivity (Wildman–Crippen MR) is 140 cm³/mol. The molecule has 178 valence electrons. The molecule has 0 atom stereocenters. The van der Waals surface area contributed by atoms with Gasteiger partial charge < -0.3 is 9.32 Å². The number of amides is 3. The fourth-order valence-electron chi connectivity index (χ4n) is 3.83. The van der Waals surface area contributed by atoms with Crippen LogP contribution in [0.4, 0.5) is 4.79 Å². The first kappa shape index (κ1) is 24.2. The van der Waals surface area contributed by atoms with Gasteiger partial charge in [0, 0.05) is 29.1 Å². The minimum atomic E-state index is -0.495. The van der Waals surface area contributed by atoms with Gasteiger partial charge in [0.05, 0.1) is 9.38 Å². The molecule has 6 nitrogen and oxygen atoms in total. The Bertz CT molecular complexity index is 1360. The van der Waals surface area contributed by atoms with Gasteiger partial charge in [0.15, 0.2) is 5.09 Å². The molecule has 3 aromatic rings. The number of imide groups is 1. The molecule has 1 aromatic heterocycles. The van der Waals surface area contributed by atoms with Crippen LogP contribution in [0.2, 0.25) is 5.02 Å². The smallest absolute Gasteiger partial charge is 0.294 e. The molecule has 2 aromatic carbocycles. The van der Waals surface area contributed by atoms with Crippen LogP contribution in [0.3, 0.4) is 0 Å². The minimum Gasteiger partial charge on any atom is -0.449 e. The average Bonchev–Trinajstić information content (AvgIpc) is 3.33. The highest BCUT2D eigenvalue weighted by atomic mass is 79.9. The molecule has 0 spiro atoms. The second kappa shape index (κ2) is 10.3. The molecule has 2 aliphatic heterocycles. The molecule has 0 N–H and O–H groups in total. The van der Waals surface area contributed by atoms with Crippen LogP contribution in [0.25, 0.3) is 6.08 Å². The quantitative estimate of drug-likeness (QED) is 0.318. The SMILES string of the molecule is O=C(CN1C(=O)S/C(=C\c2cc(Br)c(Sc3ccc(Cl)cc3)o2)C1=O)N1CCc2ccccc2C1. The number of furan rings is 1. The van der Waals surface area contributed by atoms with E-state index in [0.717, 1.165) is 38.0 Å². The lowest BCUT2D eigenvalue weighted by atomic mass is 10.00. The van der Waals surface area contributed by atoms with E-state index in [4.69, 9.17) is 16.0 Å². The second-order valence-corrected chi connectivity index (χ2v) is 11.3. The fraction of sp³-hybridized carbons (Fsp3) is 0.160. The van der Waals surface area contributed by atoms with Gasteiger partial charge in [-0.3, -0.25) is 19.3 Å². The number of halogens is 2. The lowest BCUT2D eigenvalue weighted by Crippen LogP contribution is -2.44. The van der Waals surface area contributed by atoms with Crippen molar-refractivity contribution >= 4 is 74.2 Å². The van der Waals surface area contributed by atoms with Crippen molar-refractivity contribution in [2.24, 2.45) is 0 Å². The molecule has 0 radical (unpaired) electrons. The van der Waals surface area contributed by atoms with Crippen molar-refractivity contribution in [2.75, 3.05) is 13.1 Å². The summed E-state index contributed by atoms with van der Waals surface area (Å²) >= 11 is 11.6. The van der Waals surface area contributed by atoms with E-state index in [1.807, 2.05) is 30.3 Å². The van der Waals surface area contributed by atoms with Crippen molar-refractivity contribution in [1.29, 1.82) is 0 Å². The summed E-state index contributed by atoms with van der Waals surface area (Å²) in [6.07, 6.45) is 2.29. The van der Waals surface area contributed by atoms with Crippen molar-refractivity contribution in [3.05, 3.63) is 85.9 Å². The fourth-order valence-corrected chi connectivity index (χ4v) is 6.10. The number of rotatable bonds is 5. The Labute approximate surface area is 223 Å². The summed E-state index contributed by atoms with van der Waals surface area (Å²) in [6, 6.07) is 17.1. The van der Waals surface area contributed by atoms with E-state index in [0.29, 0.717) is 29.0 Å². The van der Waals surface area contributed by atoms with Crippen molar-refractivity contribution < 1.29 is 18.8 Å². The Morgan fingerprint density at radius 3 is 2.66 bits per heavy atom. The molecule has 1 fully saturated rings. The van der Waals surface area contributed by atoms with E-state index >= 15 is 0 Å².